The van der Waals surface area contributed by atoms with E-state index < -0.39 is 5.91 Å². The summed E-state index contributed by atoms with van der Waals surface area (Å²) in [7, 11) is 0. The lowest BCUT2D eigenvalue weighted by Gasteiger charge is -2.08. The summed E-state index contributed by atoms with van der Waals surface area (Å²) in [5.74, 6) is -0.892. The lowest BCUT2D eigenvalue weighted by atomic mass is 10.1. The molecule has 1 heterocycles. The molecule has 2 amide bonds. The fourth-order valence-corrected chi connectivity index (χ4v) is 3.21. The monoisotopic (exact) mass is 394 g/mol. The summed E-state index contributed by atoms with van der Waals surface area (Å²) in [5.41, 5.74) is 9.87. The van der Waals surface area contributed by atoms with Crippen LogP contribution in [0, 0.1) is 19.7 Å². The van der Waals surface area contributed by atoms with Crippen LogP contribution in [0.4, 0.5) is 4.39 Å². The fraction of sp³-hybridized carbons (Fsp3) is 0.227. The van der Waals surface area contributed by atoms with E-state index in [1.807, 2.05) is 19.9 Å². The third kappa shape index (κ3) is 4.87. The van der Waals surface area contributed by atoms with Crippen LogP contribution < -0.4 is 11.1 Å². The van der Waals surface area contributed by atoms with Crippen molar-refractivity contribution in [1.29, 1.82) is 0 Å². The standard InChI is InChI=1S/C22H23FN4O2/c1-14-20(15(2)27(26-14)19-8-6-18(23)7-9-19)13-21(28)25-11-10-16-4-3-5-17(12-16)22(24)29/h3-9,12H,10-11,13H2,1-2H3,(H2,24,29)(H,25,28). The Bertz CT molecular complexity index is 1040. The van der Waals surface area contributed by atoms with Crippen molar-refractivity contribution in [2.75, 3.05) is 6.54 Å². The number of hydrogen-bond acceptors (Lipinski definition) is 3. The molecule has 0 saturated carbocycles. The van der Waals surface area contributed by atoms with Crippen molar-refractivity contribution in [2.24, 2.45) is 5.73 Å². The van der Waals surface area contributed by atoms with Crippen LogP contribution in [-0.4, -0.2) is 28.1 Å². The molecule has 0 radical (unpaired) electrons. The number of nitrogens with zero attached hydrogens (tertiary/aromatic N) is 2. The SMILES string of the molecule is Cc1nn(-c2ccc(F)cc2)c(C)c1CC(=O)NCCc1cccc(C(N)=O)c1. The average Bonchev–Trinajstić information content (AvgIpc) is 2.97. The Hall–Kier alpha value is -3.48. The maximum Gasteiger partial charge on any atom is 0.248 e. The lowest BCUT2D eigenvalue weighted by Crippen LogP contribution is -2.27. The second-order valence-electron chi connectivity index (χ2n) is 6.88. The molecular formula is C22H23FN4O2. The van der Waals surface area contributed by atoms with Crippen molar-refractivity contribution in [3.63, 3.8) is 0 Å². The van der Waals surface area contributed by atoms with Crippen molar-refractivity contribution in [3.8, 4) is 5.69 Å². The zero-order valence-corrected chi connectivity index (χ0v) is 16.4. The van der Waals surface area contributed by atoms with Gasteiger partial charge in [0.15, 0.2) is 0 Å². The Morgan fingerprint density at radius 3 is 2.55 bits per heavy atom. The number of aryl methyl sites for hydroxylation is 1. The maximum atomic E-state index is 13.2. The first-order valence-corrected chi connectivity index (χ1v) is 9.31. The van der Waals surface area contributed by atoms with Crippen LogP contribution in [-0.2, 0) is 17.6 Å². The van der Waals surface area contributed by atoms with Crippen LogP contribution in [0.5, 0.6) is 0 Å². The molecule has 29 heavy (non-hydrogen) atoms. The van der Waals surface area contributed by atoms with Gasteiger partial charge in [-0.3, -0.25) is 9.59 Å². The van der Waals surface area contributed by atoms with Crippen molar-refractivity contribution >= 4 is 11.8 Å². The zero-order valence-electron chi connectivity index (χ0n) is 16.4. The van der Waals surface area contributed by atoms with Crippen LogP contribution in [0.15, 0.2) is 48.5 Å². The fourth-order valence-electron chi connectivity index (χ4n) is 3.21. The summed E-state index contributed by atoms with van der Waals surface area (Å²) in [5, 5.41) is 7.39. The summed E-state index contributed by atoms with van der Waals surface area (Å²) < 4.78 is 14.9. The first-order chi connectivity index (χ1) is 13.8. The predicted octanol–water partition coefficient (Wildman–Crippen LogP) is 2.63. The molecular weight excluding hydrogens is 371 g/mol. The molecule has 0 saturated heterocycles. The quantitative estimate of drug-likeness (QED) is 0.645. The highest BCUT2D eigenvalue weighted by molar-refractivity contribution is 5.92. The highest BCUT2D eigenvalue weighted by Gasteiger charge is 2.16. The number of nitrogens with two attached hydrogens (primary N) is 1. The number of hydrogen-bond donors (Lipinski definition) is 2. The van der Waals surface area contributed by atoms with Gasteiger partial charge < -0.3 is 11.1 Å². The van der Waals surface area contributed by atoms with E-state index in [-0.39, 0.29) is 18.1 Å². The summed E-state index contributed by atoms with van der Waals surface area (Å²) in [6.07, 6.45) is 0.805. The predicted molar refractivity (Wildman–Crippen MR) is 108 cm³/mol. The Morgan fingerprint density at radius 2 is 1.86 bits per heavy atom. The van der Waals surface area contributed by atoms with Crippen molar-refractivity contribution < 1.29 is 14.0 Å². The second kappa shape index (κ2) is 8.68. The van der Waals surface area contributed by atoms with Crippen molar-refractivity contribution in [3.05, 3.63) is 82.4 Å². The summed E-state index contributed by atoms with van der Waals surface area (Å²) >= 11 is 0. The molecule has 0 aliphatic heterocycles. The van der Waals surface area contributed by atoms with Gasteiger partial charge in [0, 0.05) is 23.4 Å². The van der Waals surface area contributed by atoms with E-state index in [0.717, 1.165) is 28.2 Å². The Morgan fingerprint density at radius 1 is 1.14 bits per heavy atom. The minimum absolute atomic E-state index is 0.110. The highest BCUT2D eigenvalue weighted by atomic mass is 19.1. The van der Waals surface area contributed by atoms with Crippen molar-refractivity contribution in [1.82, 2.24) is 15.1 Å². The van der Waals surface area contributed by atoms with Gasteiger partial charge in [0.05, 0.1) is 17.8 Å². The first kappa shape index (κ1) is 20.3. The Balaban J connectivity index is 1.61. The lowest BCUT2D eigenvalue weighted by molar-refractivity contribution is -0.120. The largest absolute Gasteiger partial charge is 0.366 e. The van der Waals surface area contributed by atoms with E-state index in [0.29, 0.717) is 18.5 Å². The normalized spacial score (nSPS) is 10.7. The second-order valence-corrected chi connectivity index (χ2v) is 6.88. The van der Waals surface area contributed by atoms with E-state index in [1.54, 1.807) is 35.0 Å². The number of aromatic nitrogens is 2. The molecule has 0 unspecified atom stereocenters. The van der Waals surface area contributed by atoms with Gasteiger partial charge in [-0.2, -0.15) is 5.10 Å². The molecule has 3 rings (SSSR count). The number of amides is 2. The van der Waals surface area contributed by atoms with Crippen LogP contribution in [0.2, 0.25) is 0 Å². The number of nitrogens with one attached hydrogen (secondary N) is 1. The Labute approximate surface area is 168 Å². The number of rotatable bonds is 7. The molecule has 6 nitrogen and oxygen atoms in total. The molecule has 3 aromatic rings. The molecule has 2 aromatic carbocycles. The molecule has 0 aliphatic rings. The molecule has 3 N–H and O–H groups in total. The first-order valence-electron chi connectivity index (χ1n) is 9.31. The molecule has 7 heteroatoms. The van der Waals surface area contributed by atoms with Crippen LogP contribution >= 0.6 is 0 Å². The summed E-state index contributed by atoms with van der Waals surface area (Å²) in [6, 6.07) is 13.1. The minimum atomic E-state index is -0.472. The number of primary amides is 1. The topological polar surface area (TPSA) is 90.0 Å². The van der Waals surface area contributed by atoms with Crippen LogP contribution in [0.25, 0.3) is 5.69 Å². The molecule has 150 valence electrons. The third-order valence-corrected chi connectivity index (χ3v) is 4.80. The van der Waals surface area contributed by atoms with Crippen molar-refractivity contribution in [2.45, 2.75) is 26.7 Å². The van der Waals surface area contributed by atoms with Crippen LogP contribution in [0.3, 0.4) is 0 Å². The van der Waals surface area contributed by atoms with Gasteiger partial charge in [-0.15, -0.1) is 0 Å². The zero-order chi connectivity index (χ0) is 21.0. The minimum Gasteiger partial charge on any atom is -0.366 e. The highest BCUT2D eigenvalue weighted by Crippen LogP contribution is 2.19. The van der Waals surface area contributed by atoms with Gasteiger partial charge in [-0.05, 0) is 62.2 Å². The molecule has 0 spiro atoms. The number of carbonyl (C=O) groups excluding carboxylic acids is 2. The number of benzene rings is 2. The molecule has 0 atom stereocenters. The van der Waals surface area contributed by atoms with Gasteiger partial charge in [0.25, 0.3) is 0 Å². The average molecular weight is 394 g/mol. The van der Waals surface area contributed by atoms with Gasteiger partial charge >= 0.3 is 0 Å². The number of carbonyl (C=O) groups is 2. The van der Waals surface area contributed by atoms with Gasteiger partial charge in [-0.1, -0.05) is 12.1 Å². The third-order valence-electron chi connectivity index (χ3n) is 4.80. The van der Waals surface area contributed by atoms with Gasteiger partial charge in [0.2, 0.25) is 11.8 Å². The van der Waals surface area contributed by atoms with E-state index in [1.165, 1.54) is 12.1 Å². The summed E-state index contributed by atoms with van der Waals surface area (Å²) in [4.78, 5) is 23.7. The summed E-state index contributed by atoms with van der Waals surface area (Å²) in [6.45, 7) is 4.19. The Kier molecular flexibility index (Phi) is 6.07. The molecule has 0 fully saturated rings. The molecule has 1 aromatic heterocycles. The van der Waals surface area contributed by atoms with E-state index in [2.05, 4.69) is 10.4 Å². The molecule has 0 aliphatic carbocycles. The smallest absolute Gasteiger partial charge is 0.248 e. The van der Waals surface area contributed by atoms with E-state index in [9.17, 15) is 14.0 Å². The number of halogens is 1. The van der Waals surface area contributed by atoms with E-state index >= 15 is 0 Å². The van der Waals surface area contributed by atoms with Crippen LogP contribution in [0.1, 0.15) is 32.9 Å². The van der Waals surface area contributed by atoms with E-state index in [4.69, 9.17) is 5.73 Å². The van der Waals surface area contributed by atoms with Gasteiger partial charge in [-0.25, -0.2) is 9.07 Å². The van der Waals surface area contributed by atoms with Gasteiger partial charge in [0.1, 0.15) is 5.82 Å². The molecule has 0 bridgehead atoms. The maximum absolute atomic E-state index is 13.2.